The summed E-state index contributed by atoms with van der Waals surface area (Å²) in [6.07, 6.45) is 6.69. The molecule has 2 aliphatic heterocycles. The second-order valence-corrected chi connectivity index (χ2v) is 11.9. The summed E-state index contributed by atoms with van der Waals surface area (Å²) in [5.74, 6) is 2.35. The quantitative estimate of drug-likeness (QED) is 0.346. The van der Waals surface area contributed by atoms with E-state index in [1.807, 2.05) is 51.1 Å². The third-order valence-corrected chi connectivity index (χ3v) is 8.77. The highest BCUT2D eigenvalue weighted by Gasteiger charge is 2.26. The summed E-state index contributed by atoms with van der Waals surface area (Å²) in [7, 11) is 0. The number of carbonyl (C=O) groups is 2. The molecule has 2 atom stereocenters. The van der Waals surface area contributed by atoms with E-state index in [4.69, 9.17) is 9.47 Å². The van der Waals surface area contributed by atoms with Crippen molar-refractivity contribution < 1.29 is 19.1 Å². The van der Waals surface area contributed by atoms with E-state index in [2.05, 4.69) is 39.8 Å². The fourth-order valence-corrected chi connectivity index (χ4v) is 5.76. The molecule has 2 N–H and O–H groups in total. The predicted octanol–water partition coefficient (Wildman–Crippen LogP) is 6.09. The van der Waals surface area contributed by atoms with Crippen LogP contribution < -0.4 is 25.0 Å². The van der Waals surface area contributed by atoms with Crippen molar-refractivity contribution in [2.45, 2.75) is 65.0 Å². The van der Waals surface area contributed by atoms with Gasteiger partial charge in [-0.25, -0.2) is 0 Å². The standard InChI is InChI=1S/C32H39N3O4S/c1-4-29(36)34-30-16-5-21(2)31(40-30)32(37)33-22(3)24-8-12-27(13-9-24)39-28-17-18-35(19-28)25-10-14-26(15-11-25)38-20-23-6-7-23/h8-16,22-23,28H,4-7,17-20H2,1-3H3,(H,33,37)(H,34,36). The SMILES string of the molecule is CCC(=O)NC1=CCC(C)=C(C(=O)NC(C)c2ccc(OC3CCN(c4ccc(OCC5CC5)cc4)C3)cc2)S1. The number of rotatable bonds is 11. The number of allylic oxidation sites excluding steroid dienone is 2. The second kappa shape index (κ2) is 12.9. The Labute approximate surface area is 241 Å². The molecule has 0 bridgehead atoms. The Morgan fingerprint density at radius 1 is 1.05 bits per heavy atom. The molecular formula is C32H39N3O4S. The average molecular weight is 562 g/mol. The number of amides is 2. The van der Waals surface area contributed by atoms with E-state index in [1.54, 1.807) is 0 Å². The van der Waals surface area contributed by atoms with Gasteiger partial charge in [-0.2, -0.15) is 0 Å². The molecule has 0 spiro atoms. The zero-order valence-corrected chi connectivity index (χ0v) is 24.4. The van der Waals surface area contributed by atoms with Gasteiger partial charge >= 0.3 is 0 Å². The van der Waals surface area contributed by atoms with Crippen LogP contribution in [0.1, 0.15) is 64.5 Å². The average Bonchev–Trinajstić information content (AvgIpc) is 3.69. The van der Waals surface area contributed by atoms with Gasteiger partial charge in [0.15, 0.2) is 0 Å². The first kappa shape index (κ1) is 28.1. The summed E-state index contributed by atoms with van der Waals surface area (Å²) < 4.78 is 12.2. The van der Waals surface area contributed by atoms with Gasteiger partial charge in [-0.15, -0.1) is 0 Å². The van der Waals surface area contributed by atoms with Crippen molar-refractivity contribution in [2.24, 2.45) is 5.92 Å². The number of ether oxygens (including phenoxy) is 2. The van der Waals surface area contributed by atoms with Crippen molar-refractivity contribution in [3.63, 3.8) is 0 Å². The normalized spacial score (nSPS) is 19.6. The lowest BCUT2D eigenvalue weighted by Gasteiger charge is -2.21. The van der Waals surface area contributed by atoms with Crippen LogP contribution in [-0.2, 0) is 9.59 Å². The molecule has 3 aliphatic rings. The van der Waals surface area contributed by atoms with Crippen molar-refractivity contribution in [1.82, 2.24) is 10.6 Å². The lowest BCUT2D eigenvalue weighted by Crippen LogP contribution is -2.29. The molecule has 7 nitrogen and oxygen atoms in total. The fraction of sp³-hybridized carbons (Fsp3) is 0.438. The van der Waals surface area contributed by atoms with Crippen molar-refractivity contribution in [3.05, 3.63) is 75.7 Å². The Hall–Kier alpha value is -3.39. The maximum Gasteiger partial charge on any atom is 0.258 e. The monoisotopic (exact) mass is 561 g/mol. The first-order valence-corrected chi connectivity index (χ1v) is 15.1. The lowest BCUT2D eigenvalue weighted by atomic mass is 10.1. The number of carbonyl (C=O) groups excluding carboxylic acids is 2. The maximum atomic E-state index is 13.1. The van der Waals surface area contributed by atoms with Gasteiger partial charge in [0.2, 0.25) is 5.91 Å². The summed E-state index contributed by atoms with van der Waals surface area (Å²) in [5.41, 5.74) is 3.20. The van der Waals surface area contributed by atoms with Crippen LogP contribution in [-0.4, -0.2) is 37.6 Å². The van der Waals surface area contributed by atoms with Gasteiger partial charge in [-0.3, -0.25) is 9.59 Å². The van der Waals surface area contributed by atoms with Crippen LogP contribution in [0.25, 0.3) is 0 Å². The molecule has 8 heteroatoms. The molecule has 5 rings (SSSR count). The highest BCUT2D eigenvalue weighted by molar-refractivity contribution is 8.07. The Kier molecular flexibility index (Phi) is 9.04. The molecule has 1 saturated heterocycles. The zero-order valence-electron chi connectivity index (χ0n) is 23.6. The first-order chi connectivity index (χ1) is 19.4. The van der Waals surface area contributed by atoms with E-state index in [-0.39, 0.29) is 24.0 Å². The Bertz CT molecular complexity index is 1270. The lowest BCUT2D eigenvalue weighted by molar-refractivity contribution is -0.120. The fourth-order valence-electron chi connectivity index (χ4n) is 4.80. The second-order valence-electron chi connectivity index (χ2n) is 10.9. The van der Waals surface area contributed by atoms with Gasteiger partial charge in [-0.1, -0.05) is 30.8 Å². The Morgan fingerprint density at radius 2 is 1.77 bits per heavy atom. The maximum absolute atomic E-state index is 13.1. The summed E-state index contributed by atoms with van der Waals surface area (Å²) in [6.45, 7) is 8.38. The molecule has 2 heterocycles. The van der Waals surface area contributed by atoms with Crippen LogP contribution in [0.5, 0.6) is 11.5 Å². The molecule has 2 unspecified atom stereocenters. The minimum atomic E-state index is -0.166. The van der Waals surface area contributed by atoms with Crippen LogP contribution in [0.15, 0.2) is 70.1 Å². The van der Waals surface area contributed by atoms with E-state index in [0.717, 1.165) is 59.7 Å². The van der Waals surface area contributed by atoms with Crippen molar-refractivity contribution in [3.8, 4) is 11.5 Å². The van der Waals surface area contributed by atoms with Crippen LogP contribution >= 0.6 is 11.8 Å². The molecule has 0 aromatic heterocycles. The molecule has 1 aliphatic carbocycles. The minimum Gasteiger partial charge on any atom is -0.493 e. The van der Waals surface area contributed by atoms with Crippen LogP contribution in [0.3, 0.4) is 0 Å². The van der Waals surface area contributed by atoms with Gasteiger partial charge in [0.1, 0.15) is 17.6 Å². The number of nitrogens with zero attached hydrogens (tertiary/aromatic N) is 1. The molecule has 1 saturated carbocycles. The number of thioether (sulfide) groups is 1. The molecule has 0 radical (unpaired) electrons. The van der Waals surface area contributed by atoms with Gasteiger partial charge in [0, 0.05) is 25.1 Å². The van der Waals surface area contributed by atoms with Gasteiger partial charge < -0.3 is 25.0 Å². The van der Waals surface area contributed by atoms with E-state index < -0.39 is 0 Å². The molecule has 2 aromatic rings. The Balaban J connectivity index is 1.09. The number of nitrogens with one attached hydrogen (secondary N) is 2. The molecule has 2 amide bonds. The zero-order chi connectivity index (χ0) is 28.1. The highest BCUT2D eigenvalue weighted by atomic mass is 32.2. The van der Waals surface area contributed by atoms with Crippen molar-refractivity contribution in [1.29, 1.82) is 0 Å². The number of hydrogen-bond acceptors (Lipinski definition) is 6. The summed E-state index contributed by atoms with van der Waals surface area (Å²) >= 11 is 1.32. The van der Waals surface area contributed by atoms with Gasteiger partial charge in [0.05, 0.1) is 29.1 Å². The molecule has 212 valence electrons. The van der Waals surface area contributed by atoms with Crippen molar-refractivity contribution >= 4 is 29.3 Å². The predicted molar refractivity (Wildman–Crippen MR) is 160 cm³/mol. The summed E-state index contributed by atoms with van der Waals surface area (Å²) in [4.78, 5) is 27.8. The summed E-state index contributed by atoms with van der Waals surface area (Å²) in [5, 5.41) is 6.69. The third-order valence-electron chi connectivity index (χ3n) is 7.54. The van der Waals surface area contributed by atoms with E-state index in [0.29, 0.717) is 17.7 Å². The first-order valence-electron chi connectivity index (χ1n) is 14.3. The van der Waals surface area contributed by atoms with Crippen LogP contribution in [0.4, 0.5) is 5.69 Å². The number of benzene rings is 2. The highest BCUT2D eigenvalue weighted by Crippen LogP contribution is 2.34. The summed E-state index contributed by atoms with van der Waals surface area (Å²) in [6, 6.07) is 16.2. The van der Waals surface area contributed by atoms with E-state index in [1.165, 1.54) is 30.3 Å². The minimum absolute atomic E-state index is 0.0535. The van der Waals surface area contributed by atoms with Gasteiger partial charge in [-0.05, 0) is 92.6 Å². The van der Waals surface area contributed by atoms with Gasteiger partial charge in [0.25, 0.3) is 5.91 Å². The van der Waals surface area contributed by atoms with Crippen molar-refractivity contribution in [2.75, 3.05) is 24.6 Å². The Morgan fingerprint density at radius 3 is 2.48 bits per heavy atom. The largest absolute Gasteiger partial charge is 0.493 e. The molecule has 2 aromatic carbocycles. The van der Waals surface area contributed by atoms with E-state index >= 15 is 0 Å². The van der Waals surface area contributed by atoms with E-state index in [9.17, 15) is 9.59 Å². The molecule has 2 fully saturated rings. The number of hydrogen-bond donors (Lipinski definition) is 2. The topological polar surface area (TPSA) is 79.9 Å². The smallest absolute Gasteiger partial charge is 0.258 e. The molecular weight excluding hydrogens is 522 g/mol. The number of anilines is 1. The molecule has 40 heavy (non-hydrogen) atoms. The third kappa shape index (κ3) is 7.42. The van der Waals surface area contributed by atoms with Crippen LogP contribution in [0.2, 0.25) is 0 Å². The van der Waals surface area contributed by atoms with Crippen LogP contribution in [0, 0.1) is 5.92 Å².